The van der Waals surface area contributed by atoms with Gasteiger partial charge in [0.05, 0.1) is 11.7 Å². The Bertz CT molecular complexity index is 372. The van der Waals surface area contributed by atoms with Gasteiger partial charge < -0.3 is 9.47 Å². The van der Waals surface area contributed by atoms with Crippen molar-refractivity contribution in [1.82, 2.24) is 0 Å². The molecule has 0 aromatic carbocycles. The van der Waals surface area contributed by atoms with E-state index in [1.54, 1.807) is 6.92 Å². The highest BCUT2D eigenvalue weighted by atomic mass is 16.6. The van der Waals surface area contributed by atoms with E-state index in [-0.39, 0.29) is 17.7 Å². The molecule has 0 spiro atoms. The Morgan fingerprint density at radius 3 is 2.72 bits per heavy atom. The Balaban J connectivity index is 2.08. The molecule has 2 aliphatic rings. The van der Waals surface area contributed by atoms with Crippen molar-refractivity contribution in [3.05, 3.63) is 12.2 Å². The van der Waals surface area contributed by atoms with E-state index in [0.29, 0.717) is 11.5 Å². The highest BCUT2D eigenvalue weighted by Crippen LogP contribution is 2.52. The van der Waals surface area contributed by atoms with Gasteiger partial charge in [0.15, 0.2) is 0 Å². The summed E-state index contributed by atoms with van der Waals surface area (Å²) in [5.41, 5.74) is 0.0256. The summed E-state index contributed by atoms with van der Waals surface area (Å²) < 4.78 is 11.7. The molecule has 0 N–H and O–H groups in total. The van der Waals surface area contributed by atoms with Crippen molar-refractivity contribution in [2.75, 3.05) is 0 Å². The fourth-order valence-corrected chi connectivity index (χ4v) is 3.31. The highest BCUT2D eigenvalue weighted by Gasteiger charge is 2.56. The minimum absolute atomic E-state index is 0.0439. The van der Waals surface area contributed by atoms with Crippen LogP contribution < -0.4 is 0 Å². The number of carbonyl (C=O) groups is 1. The quantitative estimate of drug-likeness (QED) is 0.569. The summed E-state index contributed by atoms with van der Waals surface area (Å²) in [5, 5.41) is 0. The normalized spacial score (nSPS) is 34.7. The van der Waals surface area contributed by atoms with Crippen LogP contribution in [0.2, 0.25) is 0 Å². The Kier molecular flexibility index (Phi) is 3.30. The van der Waals surface area contributed by atoms with E-state index >= 15 is 0 Å². The van der Waals surface area contributed by atoms with Gasteiger partial charge in [0.1, 0.15) is 5.60 Å². The lowest BCUT2D eigenvalue weighted by Gasteiger charge is -2.36. The number of hydrogen-bond acceptors (Lipinski definition) is 3. The average Bonchev–Trinajstić information content (AvgIpc) is 2.86. The van der Waals surface area contributed by atoms with Crippen molar-refractivity contribution in [3.63, 3.8) is 0 Å². The molecule has 2 saturated heterocycles. The van der Waals surface area contributed by atoms with Crippen LogP contribution in [0.3, 0.4) is 0 Å². The lowest BCUT2D eigenvalue weighted by atomic mass is 9.73. The first-order chi connectivity index (χ1) is 8.30. The summed E-state index contributed by atoms with van der Waals surface area (Å²) in [6, 6.07) is 0. The minimum Gasteiger partial charge on any atom is -0.456 e. The molecular formula is C15H24O3. The maximum atomic E-state index is 11.7. The molecule has 3 nitrogen and oxygen atoms in total. The molecule has 0 aromatic rings. The maximum absolute atomic E-state index is 11.7. The van der Waals surface area contributed by atoms with Crippen LogP contribution in [0.25, 0.3) is 0 Å². The van der Waals surface area contributed by atoms with E-state index in [1.165, 1.54) is 0 Å². The number of carbonyl (C=O) groups excluding carboxylic acids is 1. The predicted octanol–water partition coefficient (Wildman–Crippen LogP) is 3.23. The first-order valence-corrected chi connectivity index (χ1v) is 6.86. The molecule has 3 unspecified atom stereocenters. The number of ether oxygens (including phenoxy) is 2. The van der Waals surface area contributed by atoms with Gasteiger partial charge in [-0.1, -0.05) is 13.5 Å². The van der Waals surface area contributed by atoms with E-state index in [2.05, 4.69) is 13.5 Å². The standard InChI is InChI=1S/C15H24O3/c1-6-15-8-7-12(17-15)11(9-15)14(4,5)18-13(16)10(2)3/h11-12H,2,6-9H2,1,3-5H3. The monoisotopic (exact) mass is 252 g/mol. The zero-order chi connectivity index (χ0) is 13.6. The van der Waals surface area contributed by atoms with Gasteiger partial charge in [0.2, 0.25) is 0 Å². The minimum atomic E-state index is -0.474. The fourth-order valence-electron chi connectivity index (χ4n) is 3.31. The van der Waals surface area contributed by atoms with Crippen molar-refractivity contribution < 1.29 is 14.3 Å². The third kappa shape index (κ3) is 2.20. The van der Waals surface area contributed by atoms with Gasteiger partial charge in [-0.25, -0.2) is 4.79 Å². The van der Waals surface area contributed by atoms with Gasteiger partial charge in [-0.2, -0.15) is 0 Å². The summed E-state index contributed by atoms with van der Waals surface area (Å²) in [6.07, 6.45) is 4.54. The smallest absolute Gasteiger partial charge is 0.333 e. The molecule has 0 saturated carbocycles. The van der Waals surface area contributed by atoms with Crippen LogP contribution in [0.4, 0.5) is 0 Å². The van der Waals surface area contributed by atoms with E-state index in [4.69, 9.17) is 9.47 Å². The lowest BCUT2D eigenvalue weighted by Crippen LogP contribution is -2.42. The van der Waals surface area contributed by atoms with Crippen LogP contribution >= 0.6 is 0 Å². The van der Waals surface area contributed by atoms with Crippen molar-refractivity contribution in [3.8, 4) is 0 Å². The molecule has 2 aliphatic heterocycles. The van der Waals surface area contributed by atoms with Crippen molar-refractivity contribution >= 4 is 5.97 Å². The van der Waals surface area contributed by atoms with E-state index in [0.717, 1.165) is 25.7 Å². The largest absolute Gasteiger partial charge is 0.456 e. The predicted molar refractivity (Wildman–Crippen MR) is 70.2 cm³/mol. The molecule has 3 atom stereocenters. The third-order valence-electron chi connectivity index (χ3n) is 4.57. The van der Waals surface area contributed by atoms with E-state index < -0.39 is 5.60 Å². The molecule has 2 rings (SSSR count). The Hall–Kier alpha value is -0.830. The van der Waals surface area contributed by atoms with Crippen LogP contribution in [-0.4, -0.2) is 23.3 Å². The third-order valence-corrected chi connectivity index (χ3v) is 4.57. The van der Waals surface area contributed by atoms with E-state index in [1.807, 2.05) is 13.8 Å². The first kappa shape index (κ1) is 13.6. The van der Waals surface area contributed by atoms with Crippen LogP contribution in [0.15, 0.2) is 12.2 Å². The van der Waals surface area contributed by atoms with E-state index in [9.17, 15) is 4.79 Å². The summed E-state index contributed by atoms with van der Waals surface area (Å²) in [6.45, 7) is 11.5. The van der Waals surface area contributed by atoms with Gasteiger partial charge in [-0.15, -0.1) is 0 Å². The molecule has 2 heterocycles. The second-order valence-corrected chi connectivity index (χ2v) is 6.32. The first-order valence-electron chi connectivity index (χ1n) is 6.86. The summed E-state index contributed by atoms with van der Waals surface area (Å²) in [4.78, 5) is 11.7. The average molecular weight is 252 g/mol. The second-order valence-electron chi connectivity index (χ2n) is 6.32. The highest BCUT2D eigenvalue weighted by molar-refractivity contribution is 5.87. The van der Waals surface area contributed by atoms with Crippen LogP contribution in [-0.2, 0) is 14.3 Å². The fraction of sp³-hybridized carbons (Fsp3) is 0.800. The molecular weight excluding hydrogens is 228 g/mol. The second kappa shape index (κ2) is 4.37. The summed E-state index contributed by atoms with van der Waals surface area (Å²) >= 11 is 0. The SMILES string of the molecule is C=C(C)C(=O)OC(C)(C)C1CC2(CC)CCC1O2. The molecule has 2 bridgehead atoms. The summed E-state index contributed by atoms with van der Waals surface area (Å²) in [7, 11) is 0. The zero-order valence-corrected chi connectivity index (χ0v) is 11.9. The van der Waals surface area contributed by atoms with Gasteiger partial charge in [0, 0.05) is 11.5 Å². The molecule has 0 aromatic heterocycles. The van der Waals surface area contributed by atoms with Crippen molar-refractivity contribution in [2.24, 2.45) is 5.92 Å². The van der Waals surface area contributed by atoms with Crippen molar-refractivity contribution in [2.45, 2.75) is 70.7 Å². The number of hydrogen-bond donors (Lipinski definition) is 0. The molecule has 102 valence electrons. The molecule has 3 heteroatoms. The molecule has 18 heavy (non-hydrogen) atoms. The van der Waals surface area contributed by atoms with Gasteiger partial charge in [-0.05, 0) is 46.5 Å². The summed E-state index contributed by atoms with van der Waals surface area (Å²) in [5.74, 6) is 0.00261. The van der Waals surface area contributed by atoms with Crippen LogP contribution in [0, 0.1) is 5.92 Å². The number of rotatable bonds is 4. The molecule has 0 aliphatic carbocycles. The molecule has 2 fully saturated rings. The molecule has 0 radical (unpaired) electrons. The van der Waals surface area contributed by atoms with Crippen LogP contribution in [0.1, 0.15) is 53.4 Å². The van der Waals surface area contributed by atoms with Gasteiger partial charge in [0.25, 0.3) is 0 Å². The van der Waals surface area contributed by atoms with Crippen molar-refractivity contribution in [1.29, 1.82) is 0 Å². The lowest BCUT2D eigenvalue weighted by molar-refractivity contribution is -0.158. The number of esters is 1. The van der Waals surface area contributed by atoms with Gasteiger partial charge in [-0.3, -0.25) is 0 Å². The van der Waals surface area contributed by atoms with Gasteiger partial charge >= 0.3 is 5.97 Å². The zero-order valence-electron chi connectivity index (χ0n) is 11.9. The Morgan fingerprint density at radius 1 is 1.56 bits per heavy atom. The van der Waals surface area contributed by atoms with Crippen LogP contribution in [0.5, 0.6) is 0 Å². The Morgan fingerprint density at radius 2 is 2.22 bits per heavy atom. The topological polar surface area (TPSA) is 35.5 Å². The molecule has 0 amide bonds. The maximum Gasteiger partial charge on any atom is 0.333 e. The Labute approximate surface area is 110 Å². The number of fused-ring (bicyclic) bond motifs is 2.